The van der Waals surface area contributed by atoms with Crippen molar-refractivity contribution in [2.75, 3.05) is 76.5 Å². The number of ether oxygens (including phenoxy) is 4. The van der Waals surface area contributed by atoms with Gasteiger partial charge in [0.2, 0.25) is 15.9 Å². The van der Waals surface area contributed by atoms with Crippen molar-refractivity contribution < 1.29 is 37.0 Å². The number of halogens is 1. The van der Waals surface area contributed by atoms with Crippen molar-refractivity contribution in [1.82, 2.24) is 24.6 Å². The van der Waals surface area contributed by atoms with Gasteiger partial charge in [0.1, 0.15) is 6.61 Å². The molecule has 4 heterocycles. The molecule has 352 valence electrons. The molecular weight excluding hydrogens is 906 g/mol. The summed E-state index contributed by atoms with van der Waals surface area (Å²) in [6.45, 7) is 2.46. The van der Waals surface area contributed by atoms with Gasteiger partial charge >= 0.3 is 0 Å². The molecule has 1 aliphatic heterocycles. The summed E-state index contributed by atoms with van der Waals surface area (Å²) in [7, 11) is -2.20. The summed E-state index contributed by atoms with van der Waals surface area (Å²) in [4.78, 5) is 39.1. The summed E-state index contributed by atoms with van der Waals surface area (Å²) in [5.41, 5.74) is 9.02. The Hall–Kier alpha value is -6.82. The number of H-pyrrole nitrogens is 1. The van der Waals surface area contributed by atoms with E-state index in [1.165, 1.54) is 39.9 Å². The number of fused-ring (bicyclic) bond motifs is 5. The molecule has 8 rings (SSSR count). The van der Waals surface area contributed by atoms with E-state index in [0.29, 0.717) is 62.5 Å². The minimum Gasteiger partial charge on any atom is -0.499 e. The highest BCUT2D eigenvalue weighted by Gasteiger charge is 2.24. The average Bonchev–Trinajstić information content (AvgIpc) is 3.65. The van der Waals surface area contributed by atoms with E-state index < -0.39 is 15.9 Å². The Morgan fingerprint density at radius 3 is 2.43 bits per heavy atom. The van der Waals surface area contributed by atoms with Crippen LogP contribution < -0.4 is 20.3 Å². The second kappa shape index (κ2) is 22.8. The highest BCUT2D eigenvalue weighted by molar-refractivity contribution is 7.89. The number of benzene rings is 4. The number of hydrogen-bond donors (Lipinski definition) is 3. The molecule has 4 aromatic carbocycles. The van der Waals surface area contributed by atoms with Crippen molar-refractivity contribution in [3.63, 3.8) is 0 Å². The number of aromatic nitrogens is 3. The van der Waals surface area contributed by atoms with Gasteiger partial charge in [0, 0.05) is 107 Å². The molecule has 1 aliphatic rings. The number of aromatic amines is 1. The van der Waals surface area contributed by atoms with Crippen LogP contribution in [-0.2, 0) is 46.7 Å². The zero-order valence-corrected chi connectivity index (χ0v) is 39.1. The molecule has 0 bridgehead atoms. The van der Waals surface area contributed by atoms with E-state index in [2.05, 4.69) is 60.8 Å². The molecule has 3 N–H and O–H groups in total. The maximum atomic E-state index is 13.5. The van der Waals surface area contributed by atoms with Gasteiger partial charge in [-0.2, -0.15) is 0 Å². The third kappa shape index (κ3) is 12.2. The minimum absolute atomic E-state index is 0.124. The second-order valence-corrected chi connectivity index (χ2v) is 18.5. The van der Waals surface area contributed by atoms with Crippen LogP contribution in [-0.4, -0.2) is 106 Å². The Morgan fingerprint density at radius 1 is 0.824 bits per heavy atom. The predicted molar refractivity (Wildman–Crippen MR) is 264 cm³/mol. The first kappa shape index (κ1) is 47.7. The lowest BCUT2D eigenvalue weighted by Crippen LogP contribution is -2.32. The summed E-state index contributed by atoms with van der Waals surface area (Å²) in [6, 6.07) is 32.1. The molecule has 0 spiro atoms. The number of hydrogen-bond acceptors (Lipinski definition) is 11. The van der Waals surface area contributed by atoms with Gasteiger partial charge in [-0.1, -0.05) is 48.0 Å². The predicted octanol–water partition coefficient (Wildman–Crippen LogP) is 8.08. The molecule has 0 saturated heterocycles. The topological polar surface area (TPSA) is 177 Å². The lowest BCUT2D eigenvalue weighted by atomic mass is 10.0. The van der Waals surface area contributed by atoms with Crippen LogP contribution in [0.25, 0.3) is 32.9 Å². The van der Waals surface area contributed by atoms with Gasteiger partial charge in [-0.15, -0.1) is 0 Å². The van der Waals surface area contributed by atoms with Crippen molar-refractivity contribution in [1.29, 1.82) is 0 Å². The van der Waals surface area contributed by atoms with Crippen LogP contribution in [0.4, 0.5) is 17.1 Å². The normalized spacial score (nSPS) is 12.5. The first-order valence-electron chi connectivity index (χ1n) is 22.3. The summed E-state index contributed by atoms with van der Waals surface area (Å²) < 4.78 is 50.2. The molecule has 0 unspecified atom stereocenters. The number of sulfonamides is 1. The largest absolute Gasteiger partial charge is 0.499 e. The summed E-state index contributed by atoms with van der Waals surface area (Å²) in [5, 5.41) is 8.29. The van der Waals surface area contributed by atoms with Crippen molar-refractivity contribution in [2.45, 2.75) is 24.2 Å². The van der Waals surface area contributed by atoms with Gasteiger partial charge in [0.15, 0.2) is 6.61 Å². The van der Waals surface area contributed by atoms with Crippen LogP contribution >= 0.6 is 11.6 Å². The number of nitrogens with zero attached hydrogens (tertiary/aromatic N) is 4. The van der Waals surface area contributed by atoms with Gasteiger partial charge in [0.05, 0.1) is 37.6 Å². The van der Waals surface area contributed by atoms with Gasteiger partial charge in [-0.25, -0.2) is 17.7 Å². The number of para-hydroxylation sites is 1. The van der Waals surface area contributed by atoms with Crippen LogP contribution in [0.3, 0.4) is 0 Å². The van der Waals surface area contributed by atoms with E-state index in [0.717, 1.165) is 57.1 Å². The van der Waals surface area contributed by atoms with Crippen LogP contribution in [0, 0.1) is 0 Å². The zero-order valence-electron chi connectivity index (χ0n) is 37.5. The highest BCUT2D eigenvalue weighted by atomic mass is 35.5. The smallest absolute Gasteiger partial charge is 0.258 e. The lowest BCUT2D eigenvalue weighted by Gasteiger charge is -2.28. The van der Waals surface area contributed by atoms with Gasteiger partial charge in [-0.05, 0) is 96.6 Å². The molecule has 0 radical (unpaired) electrons. The molecule has 7 aromatic rings. The number of nitrogens with one attached hydrogen (secondary N) is 3. The minimum atomic E-state index is -3.78. The van der Waals surface area contributed by atoms with Gasteiger partial charge in [0.25, 0.3) is 11.8 Å². The standard InChI is InChI=1S/C51H52ClN7O8S/c1-58(23-4-24-59-47-6-3-2-5-36(47)7-8-37-9-12-40(52)32-48(37)59)68(62,63)42-15-13-41(14-16-42)56-49(60)20-25-64-27-29-66-30-28-65-26-22-54-50(61)35-67-51-18-11-39(33-55-51)38-10-17-43-44-34-53-21-19-45(44)57-46(43)31-38/h2-3,5-6,9-21,25,31-34,57H,4,7-8,22-24,26-30,35H2,1H3,(H,54,61)(H,56,60). The molecule has 0 fully saturated rings. The average molecular weight is 959 g/mol. The molecule has 0 saturated carbocycles. The Labute approximate surface area is 400 Å². The fourth-order valence-corrected chi connectivity index (χ4v) is 9.27. The third-order valence-electron chi connectivity index (χ3n) is 11.4. The number of carbonyl (C=O) groups excluding carboxylic acids is 2. The summed E-state index contributed by atoms with van der Waals surface area (Å²) in [5.74, 6) is -0.391. The first-order valence-corrected chi connectivity index (χ1v) is 24.1. The van der Waals surface area contributed by atoms with E-state index >= 15 is 0 Å². The maximum Gasteiger partial charge on any atom is 0.258 e. The molecular formula is C51H52ClN7O8S. The SMILES string of the molecule is CN(CCCN1c2ccccc2CCc2ccc(Cl)cc21)S(=O)(=O)c1ccc(NC(=O)C=COCCOCCOCCNC(=O)COc2ccc(-c3ccc4c(c3)[nH]c3ccncc34)cn2)cc1. The monoisotopic (exact) mass is 957 g/mol. The van der Waals surface area contributed by atoms with Crippen molar-refractivity contribution in [3.8, 4) is 17.0 Å². The fraction of sp³-hybridized carbons (Fsp3) is 0.255. The first-order chi connectivity index (χ1) is 33.1. The molecule has 68 heavy (non-hydrogen) atoms. The Morgan fingerprint density at radius 2 is 1.60 bits per heavy atom. The van der Waals surface area contributed by atoms with Crippen LogP contribution in [0.1, 0.15) is 17.5 Å². The zero-order chi connectivity index (χ0) is 47.3. The molecule has 15 nitrogen and oxygen atoms in total. The molecule has 0 aliphatic carbocycles. The second-order valence-electron chi connectivity index (χ2n) is 16.0. The van der Waals surface area contributed by atoms with E-state index in [-0.39, 0.29) is 30.6 Å². The third-order valence-corrected chi connectivity index (χ3v) is 13.5. The molecule has 0 atom stereocenters. The molecule has 2 amide bonds. The number of pyridine rings is 2. The van der Waals surface area contributed by atoms with Crippen molar-refractivity contribution in [3.05, 3.63) is 150 Å². The number of carbonyl (C=O) groups is 2. The van der Waals surface area contributed by atoms with Crippen LogP contribution in [0.2, 0.25) is 5.02 Å². The Bertz CT molecular complexity index is 2980. The summed E-state index contributed by atoms with van der Waals surface area (Å²) in [6.07, 6.45) is 10.2. The number of aryl methyl sites for hydroxylation is 2. The van der Waals surface area contributed by atoms with Crippen LogP contribution in [0.15, 0.2) is 139 Å². The van der Waals surface area contributed by atoms with E-state index in [9.17, 15) is 18.0 Å². The quantitative estimate of drug-likeness (QED) is 0.0340. The van der Waals surface area contributed by atoms with Crippen LogP contribution in [0.5, 0.6) is 5.88 Å². The number of anilines is 3. The van der Waals surface area contributed by atoms with E-state index in [4.69, 9.17) is 30.5 Å². The van der Waals surface area contributed by atoms with Gasteiger partial charge < -0.3 is 39.5 Å². The fourth-order valence-electron chi connectivity index (χ4n) is 7.89. The van der Waals surface area contributed by atoms with Crippen molar-refractivity contribution in [2.24, 2.45) is 0 Å². The Kier molecular flexibility index (Phi) is 16.0. The van der Waals surface area contributed by atoms with Gasteiger partial charge in [-0.3, -0.25) is 14.6 Å². The van der Waals surface area contributed by atoms with Crippen molar-refractivity contribution >= 4 is 72.3 Å². The lowest BCUT2D eigenvalue weighted by molar-refractivity contribution is -0.123. The summed E-state index contributed by atoms with van der Waals surface area (Å²) >= 11 is 6.41. The number of amides is 2. The Balaban J connectivity index is 0.655. The highest BCUT2D eigenvalue weighted by Crippen LogP contribution is 2.38. The maximum absolute atomic E-state index is 13.5. The number of rotatable bonds is 22. The molecule has 17 heteroatoms. The molecule has 3 aromatic heterocycles. The van der Waals surface area contributed by atoms with E-state index in [1.54, 1.807) is 37.6 Å². The van der Waals surface area contributed by atoms with E-state index in [1.807, 2.05) is 48.7 Å².